The molecule has 0 amide bonds. The van der Waals surface area contributed by atoms with Crippen LogP contribution in [0.2, 0.25) is 0 Å². The van der Waals surface area contributed by atoms with Crippen LogP contribution in [0.1, 0.15) is 22.8 Å². The zero-order chi connectivity index (χ0) is 20.1. The fourth-order valence-electron chi connectivity index (χ4n) is 2.79. The molecule has 142 valence electrons. The minimum absolute atomic E-state index is 0.0654. The topological polar surface area (TPSA) is 101 Å². The second kappa shape index (κ2) is 8.26. The lowest BCUT2D eigenvalue weighted by atomic mass is 10.1. The quantitative estimate of drug-likeness (QED) is 0.378. The molecule has 28 heavy (non-hydrogen) atoms. The summed E-state index contributed by atoms with van der Waals surface area (Å²) >= 11 is 0. The summed E-state index contributed by atoms with van der Waals surface area (Å²) < 4.78 is 0. The van der Waals surface area contributed by atoms with E-state index in [0.717, 1.165) is 5.56 Å². The average molecular weight is 377 g/mol. The van der Waals surface area contributed by atoms with E-state index in [-0.39, 0.29) is 23.1 Å². The number of benzene rings is 2. The third-order valence-corrected chi connectivity index (χ3v) is 4.14. The monoisotopic (exact) mass is 377 g/mol. The van der Waals surface area contributed by atoms with Crippen molar-refractivity contribution in [3.63, 3.8) is 0 Å². The summed E-state index contributed by atoms with van der Waals surface area (Å²) in [5.74, 6) is 0.175. The third kappa shape index (κ3) is 4.29. The van der Waals surface area contributed by atoms with E-state index in [9.17, 15) is 14.9 Å². The van der Waals surface area contributed by atoms with Crippen molar-refractivity contribution in [3.05, 3.63) is 82.2 Å². The van der Waals surface area contributed by atoms with Crippen LogP contribution in [-0.2, 0) is 6.54 Å². The first-order valence-electron chi connectivity index (χ1n) is 8.58. The van der Waals surface area contributed by atoms with Crippen molar-refractivity contribution in [2.75, 3.05) is 17.3 Å². The molecule has 0 unspecified atom stereocenters. The largest absolute Gasteiger partial charge is 0.353 e. The van der Waals surface area contributed by atoms with Crippen LogP contribution in [-0.4, -0.2) is 27.7 Å². The van der Waals surface area contributed by atoms with Crippen molar-refractivity contribution in [2.24, 2.45) is 0 Å². The second-order valence-corrected chi connectivity index (χ2v) is 6.26. The first-order valence-corrected chi connectivity index (χ1v) is 8.58. The Labute approximate surface area is 162 Å². The highest BCUT2D eigenvalue weighted by Crippen LogP contribution is 2.33. The molecule has 1 aromatic heterocycles. The molecule has 3 rings (SSSR count). The molecule has 0 spiro atoms. The van der Waals surface area contributed by atoms with Gasteiger partial charge in [0.1, 0.15) is 6.33 Å². The summed E-state index contributed by atoms with van der Waals surface area (Å²) in [5, 5.41) is 14.7. The van der Waals surface area contributed by atoms with Gasteiger partial charge in [0.25, 0.3) is 0 Å². The number of anilines is 3. The highest BCUT2D eigenvalue weighted by molar-refractivity contribution is 5.95. The van der Waals surface area contributed by atoms with Crippen molar-refractivity contribution in [2.45, 2.75) is 13.5 Å². The minimum atomic E-state index is -0.506. The van der Waals surface area contributed by atoms with Gasteiger partial charge in [-0.1, -0.05) is 42.5 Å². The number of hydrogen-bond acceptors (Lipinski definition) is 7. The van der Waals surface area contributed by atoms with Crippen LogP contribution in [0.4, 0.5) is 23.0 Å². The zero-order valence-corrected chi connectivity index (χ0v) is 15.5. The Kier molecular flexibility index (Phi) is 5.59. The fourth-order valence-corrected chi connectivity index (χ4v) is 2.79. The van der Waals surface area contributed by atoms with Crippen LogP contribution in [0.25, 0.3) is 0 Å². The van der Waals surface area contributed by atoms with Gasteiger partial charge >= 0.3 is 5.69 Å². The maximum atomic E-state index is 11.8. The Morgan fingerprint density at radius 1 is 1.14 bits per heavy atom. The summed E-state index contributed by atoms with van der Waals surface area (Å²) in [5.41, 5.74) is 1.81. The summed E-state index contributed by atoms with van der Waals surface area (Å²) in [6.07, 6.45) is 1.28. The number of nitro groups is 1. The molecule has 8 nitrogen and oxygen atoms in total. The first kappa shape index (κ1) is 19.0. The van der Waals surface area contributed by atoms with E-state index < -0.39 is 4.92 Å². The van der Waals surface area contributed by atoms with Gasteiger partial charge in [-0.05, 0) is 24.6 Å². The van der Waals surface area contributed by atoms with Gasteiger partial charge in [-0.3, -0.25) is 14.9 Å². The fraction of sp³-hybridized carbons (Fsp3) is 0.150. The van der Waals surface area contributed by atoms with Crippen LogP contribution in [0.15, 0.2) is 60.9 Å². The van der Waals surface area contributed by atoms with Crippen LogP contribution in [0.3, 0.4) is 0 Å². The molecule has 0 fully saturated rings. The molecule has 0 atom stereocenters. The predicted octanol–water partition coefficient (Wildman–Crippen LogP) is 3.97. The van der Waals surface area contributed by atoms with Crippen molar-refractivity contribution in [3.8, 4) is 0 Å². The first-order chi connectivity index (χ1) is 13.5. The van der Waals surface area contributed by atoms with E-state index in [1.54, 1.807) is 36.2 Å². The number of aromatic nitrogens is 2. The molecule has 8 heteroatoms. The third-order valence-electron chi connectivity index (χ3n) is 4.14. The summed E-state index contributed by atoms with van der Waals surface area (Å²) in [6, 6.07) is 16.3. The van der Waals surface area contributed by atoms with E-state index >= 15 is 0 Å². The van der Waals surface area contributed by atoms with Crippen molar-refractivity contribution in [1.82, 2.24) is 9.97 Å². The van der Waals surface area contributed by atoms with Crippen LogP contribution in [0, 0.1) is 10.1 Å². The van der Waals surface area contributed by atoms with Crippen molar-refractivity contribution < 1.29 is 9.72 Å². The number of carbonyl (C=O) groups is 1. The molecule has 0 saturated heterocycles. The molecule has 0 radical (unpaired) electrons. The highest BCUT2D eigenvalue weighted by Gasteiger charge is 2.25. The van der Waals surface area contributed by atoms with Crippen LogP contribution < -0.4 is 10.2 Å². The number of Topliss-reactive ketones (excluding diaryl/α,β-unsaturated/α-hetero) is 1. The minimum Gasteiger partial charge on any atom is -0.349 e. The summed E-state index contributed by atoms with van der Waals surface area (Å²) in [6.45, 7) is 1.92. The molecule has 2 aromatic carbocycles. The smallest absolute Gasteiger partial charge is 0.349 e. The van der Waals surface area contributed by atoms with Gasteiger partial charge in [0.2, 0.25) is 11.6 Å². The predicted molar refractivity (Wildman–Crippen MR) is 107 cm³/mol. The molecular formula is C20H19N5O3. The lowest BCUT2D eigenvalue weighted by Gasteiger charge is -2.19. The van der Waals surface area contributed by atoms with E-state index in [2.05, 4.69) is 15.3 Å². The number of nitrogens with zero attached hydrogens (tertiary/aromatic N) is 4. The SMILES string of the molecule is CC(=O)c1cccc(Nc2ncnc(N(C)Cc3ccccc3)c2[N+](=O)[O-])c1. The Morgan fingerprint density at radius 3 is 2.57 bits per heavy atom. The van der Waals surface area contributed by atoms with E-state index in [1.165, 1.54) is 13.3 Å². The van der Waals surface area contributed by atoms with Crippen molar-refractivity contribution in [1.29, 1.82) is 0 Å². The molecule has 1 heterocycles. The van der Waals surface area contributed by atoms with Crippen LogP contribution >= 0.6 is 0 Å². The molecule has 3 aromatic rings. The Bertz CT molecular complexity index is 1010. The number of ketones is 1. The molecule has 0 saturated carbocycles. The van der Waals surface area contributed by atoms with Gasteiger partial charge in [-0.2, -0.15) is 0 Å². The highest BCUT2D eigenvalue weighted by atomic mass is 16.6. The second-order valence-electron chi connectivity index (χ2n) is 6.26. The number of carbonyl (C=O) groups excluding carboxylic acids is 1. The van der Waals surface area contributed by atoms with E-state index in [1.807, 2.05) is 30.3 Å². The van der Waals surface area contributed by atoms with Crippen molar-refractivity contribution >= 4 is 28.8 Å². The van der Waals surface area contributed by atoms with Gasteiger partial charge < -0.3 is 10.2 Å². The maximum absolute atomic E-state index is 11.8. The Morgan fingerprint density at radius 2 is 1.89 bits per heavy atom. The normalized spacial score (nSPS) is 10.4. The van der Waals surface area contributed by atoms with E-state index in [0.29, 0.717) is 17.8 Å². The summed E-state index contributed by atoms with van der Waals surface area (Å²) in [7, 11) is 1.74. The maximum Gasteiger partial charge on any atom is 0.353 e. The molecule has 0 aliphatic carbocycles. The van der Waals surface area contributed by atoms with Gasteiger partial charge in [0, 0.05) is 24.8 Å². The lowest BCUT2D eigenvalue weighted by molar-refractivity contribution is -0.383. The van der Waals surface area contributed by atoms with Crippen LogP contribution in [0.5, 0.6) is 0 Å². The Balaban J connectivity index is 1.94. The summed E-state index contributed by atoms with van der Waals surface area (Å²) in [4.78, 5) is 32.7. The van der Waals surface area contributed by atoms with Gasteiger partial charge in [-0.15, -0.1) is 0 Å². The van der Waals surface area contributed by atoms with Gasteiger partial charge in [0.05, 0.1) is 4.92 Å². The molecule has 0 bridgehead atoms. The number of hydrogen-bond donors (Lipinski definition) is 1. The molecule has 1 N–H and O–H groups in total. The van der Waals surface area contributed by atoms with E-state index in [4.69, 9.17) is 0 Å². The van der Waals surface area contributed by atoms with Gasteiger partial charge in [0.15, 0.2) is 5.78 Å². The molecule has 0 aliphatic rings. The molecule has 0 aliphatic heterocycles. The lowest BCUT2D eigenvalue weighted by Crippen LogP contribution is -2.20. The standard InChI is InChI=1S/C20H19N5O3/c1-14(26)16-9-6-10-17(11-16)23-19-18(25(27)28)20(22-13-21-19)24(2)12-15-7-4-3-5-8-15/h3-11,13H,12H2,1-2H3,(H,21,22,23). The number of nitrogens with one attached hydrogen (secondary N) is 1. The zero-order valence-electron chi connectivity index (χ0n) is 15.5. The molecular weight excluding hydrogens is 358 g/mol. The number of rotatable bonds is 7. The average Bonchev–Trinajstić information content (AvgIpc) is 2.68. The van der Waals surface area contributed by atoms with Gasteiger partial charge in [-0.25, -0.2) is 9.97 Å². The Hall–Kier alpha value is -3.81.